The summed E-state index contributed by atoms with van der Waals surface area (Å²) in [5, 5.41) is 6.32. The number of benzene rings is 3. The third kappa shape index (κ3) is 4.57. The highest BCUT2D eigenvalue weighted by Gasteiger charge is 2.22. The molecule has 1 aromatic heterocycles. The van der Waals surface area contributed by atoms with Gasteiger partial charge in [-0.3, -0.25) is 9.59 Å². The molecular formula is C25H22N2O5. The van der Waals surface area contributed by atoms with E-state index in [0.29, 0.717) is 34.0 Å². The third-order valence-electron chi connectivity index (χ3n) is 4.80. The molecule has 0 spiro atoms. The molecule has 0 saturated carbocycles. The first-order valence-electron chi connectivity index (χ1n) is 10.0. The van der Waals surface area contributed by atoms with Gasteiger partial charge in [-0.25, -0.2) is 0 Å². The van der Waals surface area contributed by atoms with E-state index in [9.17, 15) is 9.59 Å². The summed E-state index contributed by atoms with van der Waals surface area (Å²) in [5.41, 5.74) is 2.16. The van der Waals surface area contributed by atoms with Gasteiger partial charge >= 0.3 is 0 Å². The van der Waals surface area contributed by atoms with E-state index in [1.807, 2.05) is 48.5 Å². The number of rotatable bonds is 7. The van der Waals surface area contributed by atoms with Crippen LogP contribution in [0.4, 0.5) is 11.4 Å². The highest BCUT2D eigenvalue weighted by molar-refractivity contribution is 6.07. The number of methoxy groups -OCH3 is 1. The van der Waals surface area contributed by atoms with Gasteiger partial charge in [-0.15, -0.1) is 0 Å². The number of ether oxygens (including phenoxy) is 2. The second-order valence-electron chi connectivity index (χ2n) is 7.06. The van der Waals surface area contributed by atoms with Crippen molar-refractivity contribution in [3.05, 3.63) is 84.1 Å². The van der Waals surface area contributed by atoms with Gasteiger partial charge < -0.3 is 24.5 Å². The Kier molecular flexibility index (Phi) is 6.07. The van der Waals surface area contributed by atoms with E-state index in [-0.39, 0.29) is 18.3 Å². The fourth-order valence-electron chi connectivity index (χ4n) is 3.36. The summed E-state index contributed by atoms with van der Waals surface area (Å²) in [7, 11) is 1.50. The van der Waals surface area contributed by atoms with Crippen molar-refractivity contribution in [1.82, 2.24) is 0 Å². The van der Waals surface area contributed by atoms with E-state index < -0.39 is 5.91 Å². The summed E-state index contributed by atoms with van der Waals surface area (Å²) >= 11 is 0. The molecule has 0 atom stereocenters. The van der Waals surface area contributed by atoms with Gasteiger partial charge in [0.25, 0.3) is 5.91 Å². The summed E-state index contributed by atoms with van der Waals surface area (Å²) in [6.45, 7) is 1.57. The lowest BCUT2D eigenvalue weighted by Crippen LogP contribution is -2.15. The maximum Gasteiger partial charge on any atom is 0.291 e. The van der Waals surface area contributed by atoms with Crippen LogP contribution in [0.3, 0.4) is 0 Å². The molecule has 1 heterocycles. The molecule has 0 saturated heterocycles. The lowest BCUT2D eigenvalue weighted by molar-refractivity contribution is -0.114. The van der Waals surface area contributed by atoms with E-state index in [2.05, 4.69) is 10.6 Å². The van der Waals surface area contributed by atoms with Crippen LogP contribution < -0.4 is 20.1 Å². The smallest absolute Gasteiger partial charge is 0.291 e. The maximum absolute atomic E-state index is 13.2. The number of hydrogen-bond acceptors (Lipinski definition) is 5. The minimum atomic E-state index is -0.453. The first kappa shape index (κ1) is 21.0. The van der Waals surface area contributed by atoms with E-state index in [0.717, 1.165) is 5.39 Å². The van der Waals surface area contributed by atoms with E-state index in [1.165, 1.54) is 14.0 Å². The van der Waals surface area contributed by atoms with Crippen molar-refractivity contribution < 1.29 is 23.5 Å². The number of nitrogens with one attached hydrogen (secondary N) is 2. The van der Waals surface area contributed by atoms with Crippen molar-refractivity contribution in [2.24, 2.45) is 0 Å². The van der Waals surface area contributed by atoms with Crippen LogP contribution in [0.5, 0.6) is 11.5 Å². The summed E-state index contributed by atoms with van der Waals surface area (Å²) in [6, 6.07) is 21.8. The van der Waals surface area contributed by atoms with Crippen molar-refractivity contribution in [2.45, 2.75) is 13.5 Å². The molecule has 162 valence electrons. The lowest BCUT2D eigenvalue weighted by Gasteiger charge is -2.12. The van der Waals surface area contributed by atoms with Crippen molar-refractivity contribution in [2.75, 3.05) is 17.7 Å². The molecule has 32 heavy (non-hydrogen) atoms. The average Bonchev–Trinajstić information content (AvgIpc) is 3.17. The fraction of sp³-hybridized carbons (Fsp3) is 0.120. The van der Waals surface area contributed by atoms with Gasteiger partial charge in [0.15, 0.2) is 5.76 Å². The van der Waals surface area contributed by atoms with Gasteiger partial charge in [-0.05, 0) is 36.4 Å². The molecule has 7 heteroatoms. The molecule has 0 unspecified atom stereocenters. The number of hydrogen-bond donors (Lipinski definition) is 2. The van der Waals surface area contributed by atoms with Gasteiger partial charge in [-0.2, -0.15) is 0 Å². The molecule has 4 aromatic rings. The number of furan rings is 1. The van der Waals surface area contributed by atoms with Gasteiger partial charge in [0.2, 0.25) is 5.91 Å². The van der Waals surface area contributed by atoms with Crippen LogP contribution >= 0.6 is 0 Å². The summed E-state index contributed by atoms with van der Waals surface area (Å²) < 4.78 is 17.1. The molecule has 0 radical (unpaired) electrons. The minimum Gasteiger partial charge on any atom is -0.495 e. The second-order valence-corrected chi connectivity index (χ2v) is 7.06. The fourth-order valence-corrected chi connectivity index (χ4v) is 3.36. The van der Waals surface area contributed by atoms with Gasteiger partial charge in [0, 0.05) is 23.6 Å². The maximum atomic E-state index is 13.2. The Morgan fingerprint density at radius 2 is 1.69 bits per heavy atom. The Labute approximate surface area is 184 Å². The average molecular weight is 430 g/mol. The molecule has 0 bridgehead atoms. The molecule has 4 rings (SSSR count). The Morgan fingerprint density at radius 1 is 0.938 bits per heavy atom. The number of para-hydroxylation sites is 2. The minimum absolute atomic E-state index is 0.147. The van der Waals surface area contributed by atoms with Crippen molar-refractivity contribution in [3.8, 4) is 11.5 Å². The number of anilines is 2. The summed E-state index contributed by atoms with van der Waals surface area (Å²) in [4.78, 5) is 24.6. The third-order valence-corrected chi connectivity index (χ3v) is 4.80. The summed E-state index contributed by atoms with van der Waals surface area (Å²) in [6.07, 6.45) is 0. The molecule has 7 nitrogen and oxygen atoms in total. The number of fused-ring (bicyclic) bond motifs is 1. The van der Waals surface area contributed by atoms with Crippen molar-refractivity contribution in [1.29, 1.82) is 0 Å². The number of carbonyl (C=O) groups excluding carboxylic acids is 2. The molecule has 2 N–H and O–H groups in total. The van der Waals surface area contributed by atoms with Crippen molar-refractivity contribution >= 4 is 34.2 Å². The van der Waals surface area contributed by atoms with Crippen LogP contribution in [-0.4, -0.2) is 18.9 Å². The number of carbonyl (C=O) groups is 2. The molecule has 0 aliphatic rings. The molecule has 0 aliphatic carbocycles. The second kappa shape index (κ2) is 9.26. The van der Waals surface area contributed by atoms with E-state index >= 15 is 0 Å². The van der Waals surface area contributed by atoms with Crippen LogP contribution in [-0.2, 0) is 11.4 Å². The van der Waals surface area contributed by atoms with Crippen LogP contribution in [0.25, 0.3) is 11.0 Å². The van der Waals surface area contributed by atoms with Crippen LogP contribution in [0, 0.1) is 0 Å². The quantitative estimate of drug-likeness (QED) is 0.419. The topological polar surface area (TPSA) is 89.8 Å². The Balaban J connectivity index is 1.66. The van der Waals surface area contributed by atoms with Gasteiger partial charge in [0.1, 0.15) is 23.7 Å². The predicted molar refractivity (Wildman–Crippen MR) is 122 cm³/mol. The SMILES string of the molecule is COc1ccc(NC(C)=O)cc1NC(=O)c1oc2ccccc2c1COc1ccccc1. The Hall–Kier alpha value is -4.26. The van der Waals surface area contributed by atoms with Crippen molar-refractivity contribution in [3.63, 3.8) is 0 Å². The number of amides is 2. The van der Waals surface area contributed by atoms with Gasteiger partial charge in [-0.1, -0.05) is 36.4 Å². The lowest BCUT2D eigenvalue weighted by atomic mass is 10.1. The zero-order chi connectivity index (χ0) is 22.5. The molecule has 2 amide bonds. The molecule has 3 aromatic carbocycles. The Bertz CT molecular complexity index is 1260. The summed E-state index contributed by atoms with van der Waals surface area (Å²) in [5.74, 6) is 0.616. The normalized spacial score (nSPS) is 10.6. The first-order chi connectivity index (χ1) is 15.5. The highest BCUT2D eigenvalue weighted by Crippen LogP contribution is 2.31. The van der Waals surface area contributed by atoms with E-state index in [1.54, 1.807) is 24.3 Å². The van der Waals surface area contributed by atoms with Gasteiger partial charge in [0.05, 0.1) is 12.8 Å². The highest BCUT2D eigenvalue weighted by atomic mass is 16.5. The zero-order valence-corrected chi connectivity index (χ0v) is 17.7. The van der Waals surface area contributed by atoms with Crippen LogP contribution in [0.1, 0.15) is 23.0 Å². The van der Waals surface area contributed by atoms with Crippen LogP contribution in [0.2, 0.25) is 0 Å². The largest absolute Gasteiger partial charge is 0.495 e. The zero-order valence-electron chi connectivity index (χ0n) is 17.7. The monoisotopic (exact) mass is 430 g/mol. The molecular weight excluding hydrogens is 408 g/mol. The van der Waals surface area contributed by atoms with Crippen LogP contribution in [0.15, 0.2) is 77.2 Å². The van der Waals surface area contributed by atoms with E-state index in [4.69, 9.17) is 13.9 Å². The predicted octanol–water partition coefficient (Wildman–Crippen LogP) is 5.23. The Morgan fingerprint density at radius 3 is 2.44 bits per heavy atom. The standard InChI is InChI=1S/C25H22N2O5/c1-16(28)26-17-12-13-23(30-2)21(14-17)27-25(29)24-20(15-31-18-8-4-3-5-9-18)19-10-6-7-11-22(19)32-24/h3-14H,15H2,1-2H3,(H,26,28)(H,27,29). The molecule has 0 fully saturated rings. The molecule has 0 aliphatic heterocycles. The first-order valence-corrected chi connectivity index (χ1v) is 10.0.